The lowest BCUT2D eigenvalue weighted by molar-refractivity contribution is 0.101. The third-order valence-electron chi connectivity index (χ3n) is 3.28. The van der Waals surface area contributed by atoms with Gasteiger partial charge in [-0.1, -0.05) is 41.5 Å². The van der Waals surface area contributed by atoms with Crippen LogP contribution in [0.3, 0.4) is 0 Å². The highest BCUT2D eigenvalue weighted by Gasteiger charge is 2.10. The Kier molecular flexibility index (Phi) is 4.76. The highest BCUT2D eigenvalue weighted by atomic mass is 16.5. The molecular weight excluding hydrogens is 264 g/mol. The molecule has 21 heavy (non-hydrogen) atoms. The number of rotatable bonds is 5. The minimum atomic E-state index is -0.690. The van der Waals surface area contributed by atoms with Crippen molar-refractivity contribution in [2.45, 2.75) is 26.9 Å². The number of carbonyl (C=O) groups is 1. The third-order valence-corrected chi connectivity index (χ3v) is 3.28. The highest BCUT2D eigenvalue weighted by Crippen LogP contribution is 2.20. The normalized spacial score (nSPS) is 12.0. The summed E-state index contributed by atoms with van der Waals surface area (Å²) in [7, 11) is 0. The molecule has 2 aromatic rings. The topological polar surface area (TPSA) is 46.5 Å². The number of Topliss-reactive ketones (excluding diaryl/α,β-unsaturated/α-hetero) is 1. The summed E-state index contributed by atoms with van der Waals surface area (Å²) in [5.41, 5.74) is 3.67. The molecule has 2 rings (SSSR count). The summed E-state index contributed by atoms with van der Waals surface area (Å²) in [6.07, 6.45) is -0.690. The van der Waals surface area contributed by atoms with Crippen LogP contribution in [-0.4, -0.2) is 17.5 Å². The van der Waals surface area contributed by atoms with E-state index in [1.807, 2.05) is 26.0 Å². The molecule has 0 saturated heterocycles. The van der Waals surface area contributed by atoms with Gasteiger partial charge in [0, 0.05) is 5.56 Å². The zero-order valence-electron chi connectivity index (χ0n) is 12.6. The molecule has 0 heterocycles. The van der Waals surface area contributed by atoms with Crippen molar-refractivity contribution in [3.63, 3.8) is 0 Å². The average molecular weight is 284 g/mol. The molecule has 0 radical (unpaired) electrons. The first-order valence-electron chi connectivity index (χ1n) is 6.96. The van der Waals surface area contributed by atoms with Crippen molar-refractivity contribution in [1.29, 1.82) is 0 Å². The van der Waals surface area contributed by atoms with Crippen LogP contribution < -0.4 is 4.74 Å². The van der Waals surface area contributed by atoms with E-state index in [0.29, 0.717) is 11.3 Å². The Morgan fingerprint density at radius 2 is 1.81 bits per heavy atom. The lowest BCUT2D eigenvalue weighted by Gasteiger charge is -2.14. The molecule has 1 N–H and O–H groups in total. The van der Waals surface area contributed by atoms with Crippen LogP contribution in [0.4, 0.5) is 0 Å². The zero-order chi connectivity index (χ0) is 15.4. The Balaban J connectivity index is 2.05. The van der Waals surface area contributed by atoms with Crippen molar-refractivity contribution in [2.75, 3.05) is 6.61 Å². The quantitative estimate of drug-likeness (QED) is 0.853. The van der Waals surface area contributed by atoms with E-state index in [9.17, 15) is 9.90 Å². The van der Waals surface area contributed by atoms with Gasteiger partial charge in [-0.3, -0.25) is 4.79 Å². The number of hydrogen-bond acceptors (Lipinski definition) is 3. The Labute approximate surface area is 125 Å². The second-order valence-electron chi connectivity index (χ2n) is 5.33. The maximum absolute atomic E-state index is 11.3. The molecule has 3 heteroatoms. The second-order valence-corrected chi connectivity index (χ2v) is 5.33. The smallest absolute Gasteiger partial charge is 0.159 e. The van der Waals surface area contributed by atoms with Crippen LogP contribution in [0, 0.1) is 13.8 Å². The van der Waals surface area contributed by atoms with Crippen molar-refractivity contribution >= 4 is 5.78 Å². The van der Waals surface area contributed by atoms with Crippen LogP contribution in [0.15, 0.2) is 42.5 Å². The number of aryl methyl sites for hydroxylation is 2. The van der Waals surface area contributed by atoms with Gasteiger partial charge in [-0.25, -0.2) is 0 Å². The van der Waals surface area contributed by atoms with Crippen molar-refractivity contribution in [3.05, 3.63) is 64.7 Å². The van der Waals surface area contributed by atoms with E-state index in [2.05, 4.69) is 6.07 Å². The molecule has 110 valence electrons. The lowest BCUT2D eigenvalue weighted by atomic mass is 10.0. The van der Waals surface area contributed by atoms with E-state index in [-0.39, 0.29) is 12.4 Å². The third kappa shape index (κ3) is 4.17. The summed E-state index contributed by atoms with van der Waals surface area (Å²) in [6.45, 7) is 5.68. The molecule has 0 aliphatic heterocycles. The van der Waals surface area contributed by atoms with Gasteiger partial charge in [0.05, 0.1) is 0 Å². The number of aliphatic hydroxyl groups excluding tert-OH is 1. The van der Waals surface area contributed by atoms with Crippen LogP contribution in [0.1, 0.15) is 40.1 Å². The fourth-order valence-corrected chi connectivity index (χ4v) is 2.28. The van der Waals surface area contributed by atoms with Crippen LogP contribution in [0.25, 0.3) is 0 Å². The molecule has 1 atom stereocenters. The summed E-state index contributed by atoms with van der Waals surface area (Å²) >= 11 is 0. The fourth-order valence-electron chi connectivity index (χ4n) is 2.28. The monoisotopic (exact) mass is 284 g/mol. The van der Waals surface area contributed by atoms with Gasteiger partial charge in [-0.05, 0) is 38.5 Å². The first-order chi connectivity index (χ1) is 9.95. The Morgan fingerprint density at radius 1 is 1.14 bits per heavy atom. The number of hydrogen-bond donors (Lipinski definition) is 1. The summed E-state index contributed by atoms with van der Waals surface area (Å²) in [5, 5.41) is 10.2. The number of aliphatic hydroxyl groups is 1. The van der Waals surface area contributed by atoms with Gasteiger partial charge in [0.15, 0.2) is 5.78 Å². The van der Waals surface area contributed by atoms with Crippen molar-refractivity contribution in [3.8, 4) is 5.75 Å². The average Bonchev–Trinajstić information content (AvgIpc) is 2.44. The molecule has 3 nitrogen and oxygen atoms in total. The zero-order valence-corrected chi connectivity index (χ0v) is 12.6. The van der Waals surface area contributed by atoms with Gasteiger partial charge in [0.25, 0.3) is 0 Å². The van der Waals surface area contributed by atoms with E-state index in [4.69, 9.17) is 4.74 Å². The predicted octanol–water partition coefficient (Wildman–Crippen LogP) is 3.62. The standard InChI is InChI=1S/C18H20O3/c1-12-7-13(2)9-16(8-12)18(20)11-21-17-6-4-5-15(10-17)14(3)19/h4-10,18,20H,11H2,1-3H3. The molecule has 0 aromatic heterocycles. The Bertz CT molecular complexity index is 626. The number of ether oxygens (including phenoxy) is 1. The lowest BCUT2D eigenvalue weighted by Crippen LogP contribution is -2.10. The van der Waals surface area contributed by atoms with E-state index >= 15 is 0 Å². The summed E-state index contributed by atoms with van der Waals surface area (Å²) < 4.78 is 5.59. The number of benzene rings is 2. The summed E-state index contributed by atoms with van der Waals surface area (Å²) in [5.74, 6) is 0.585. The van der Waals surface area contributed by atoms with Gasteiger partial charge in [0.1, 0.15) is 18.5 Å². The first kappa shape index (κ1) is 15.3. The minimum absolute atomic E-state index is 0.00434. The van der Waals surface area contributed by atoms with Gasteiger partial charge in [0.2, 0.25) is 0 Å². The van der Waals surface area contributed by atoms with E-state index in [1.54, 1.807) is 24.3 Å². The fraction of sp³-hybridized carbons (Fsp3) is 0.278. The predicted molar refractivity (Wildman–Crippen MR) is 82.8 cm³/mol. The molecular formula is C18H20O3. The summed E-state index contributed by atoms with van der Waals surface area (Å²) in [6, 6.07) is 13.0. The molecule has 1 unspecified atom stereocenters. The summed E-state index contributed by atoms with van der Waals surface area (Å²) in [4.78, 5) is 11.3. The maximum atomic E-state index is 11.3. The van der Waals surface area contributed by atoms with Crippen LogP contribution in [-0.2, 0) is 0 Å². The Hall–Kier alpha value is -2.13. The van der Waals surface area contributed by atoms with Crippen molar-refractivity contribution < 1.29 is 14.6 Å². The molecule has 0 fully saturated rings. The molecule has 0 aliphatic rings. The van der Waals surface area contributed by atoms with Gasteiger partial charge in [-0.15, -0.1) is 0 Å². The molecule has 0 spiro atoms. The molecule has 0 amide bonds. The van der Waals surface area contributed by atoms with E-state index in [1.165, 1.54) is 6.92 Å². The van der Waals surface area contributed by atoms with Gasteiger partial charge < -0.3 is 9.84 Å². The van der Waals surface area contributed by atoms with Crippen LogP contribution in [0.5, 0.6) is 5.75 Å². The largest absolute Gasteiger partial charge is 0.491 e. The highest BCUT2D eigenvalue weighted by molar-refractivity contribution is 5.94. The van der Waals surface area contributed by atoms with Crippen molar-refractivity contribution in [1.82, 2.24) is 0 Å². The SMILES string of the molecule is CC(=O)c1cccc(OCC(O)c2cc(C)cc(C)c2)c1. The first-order valence-corrected chi connectivity index (χ1v) is 6.96. The Morgan fingerprint density at radius 3 is 2.43 bits per heavy atom. The number of carbonyl (C=O) groups excluding carboxylic acids is 1. The molecule has 0 aliphatic carbocycles. The van der Waals surface area contributed by atoms with Crippen LogP contribution in [0.2, 0.25) is 0 Å². The van der Waals surface area contributed by atoms with Gasteiger partial charge in [-0.2, -0.15) is 0 Å². The maximum Gasteiger partial charge on any atom is 0.159 e. The molecule has 0 saturated carbocycles. The van der Waals surface area contributed by atoms with Gasteiger partial charge >= 0.3 is 0 Å². The number of ketones is 1. The molecule has 0 bridgehead atoms. The second kappa shape index (κ2) is 6.55. The minimum Gasteiger partial charge on any atom is -0.491 e. The van der Waals surface area contributed by atoms with Crippen LogP contribution >= 0.6 is 0 Å². The molecule has 2 aromatic carbocycles. The van der Waals surface area contributed by atoms with E-state index < -0.39 is 6.10 Å². The van der Waals surface area contributed by atoms with Crippen molar-refractivity contribution in [2.24, 2.45) is 0 Å². The van der Waals surface area contributed by atoms with E-state index in [0.717, 1.165) is 16.7 Å².